The standard InChI is InChI=1S/C18H12Cl2F3N3O3/c19-12-8-11(2-3-14(12)21)28-9-26-6-5-15(25-26)17(27)24-10-1-4-16(13(20)7-10)29-18(22)23/h1-8,18H,9H2,(H,24,27). The predicted octanol–water partition coefficient (Wildman–Crippen LogP) is 5.22. The fourth-order valence-electron chi connectivity index (χ4n) is 2.23. The van der Waals surface area contributed by atoms with Crippen molar-refractivity contribution in [3.8, 4) is 11.5 Å². The zero-order valence-electron chi connectivity index (χ0n) is 14.4. The first-order valence-corrected chi connectivity index (χ1v) is 8.74. The van der Waals surface area contributed by atoms with Gasteiger partial charge < -0.3 is 14.8 Å². The van der Waals surface area contributed by atoms with Crippen molar-refractivity contribution in [3.05, 3.63) is 70.2 Å². The molecule has 0 aliphatic rings. The van der Waals surface area contributed by atoms with Crippen LogP contribution >= 0.6 is 23.2 Å². The first kappa shape index (κ1) is 20.8. The van der Waals surface area contributed by atoms with E-state index in [1.165, 1.54) is 53.3 Å². The number of ether oxygens (including phenoxy) is 2. The maximum absolute atomic E-state index is 13.1. The van der Waals surface area contributed by atoms with Gasteiger partial charge in [-0.05, 0) is 36.4 Å². The third kappa shape index (κ3) is 5.55. The molecule has 0 radical (unpaired) electrons. The largest absolute Gasteiger partial charge is 0.471 e. The van der Waals surface area contributed by atoms with Crippen molar-refractivity contribution < 1.29 is 27.4 Å². The molecule has 0 unspecified atom stereocenters. The molecular weight excluding hydrogens is 434 g/mol. The number of aromatic nitrogens is 2. The summed E-state index contributed by atoms with van der Waals surface area (Å²) in [5, 5.41) is 6.43. The summed E-state index contributed by atoms with van der Waals surface area (Å²) >= 11 is 11.5. The number of halogens is 5. The summed E-state index contributed by atoms with van der Waals surface area (Å²) in [6.45, 7) is -3.05. The van der Waals surface area contributed by atoms with Crippen LogP contribution in [0.3, 0.4) is 0 Å². The molecule has 3 aromatic rings. The Morgan fingerprint density at radius 1 is 1.14 bits per heavy atom. The van der Waals surface area contributed by atoms with Crippen LogP contribution in [0, 0.1) is 5.82 Å². The molecule has 1 heterocycles. The topological polar surface area (TPSA) is 65.4 Å². The van der Waals surface area contributed by atoms with E-state index in [1.807, 2.05) is 0 Å². The van der Waals surface area contributed by atoms with Crippen LogP contribution in [-0.2, 0) is 6.73 Å². The van der Waals surface area contributed by atoms with Crippen LogP contribution in [0.5, 0.6) is 11.5 Å². The van der Waals surface area contributed by atoms with Crippen LogP contribution < -0.4 is 14.8 Å². The van der Waals surface area contributed by atoms with E-state index in [0.29, 0.717) is 5.75 Å². The van der Waals surface area contributed by atoms with E-state index in [1.54, 1.807) is 0 Å². The molecule has 1 amide bonds. The van der Waals surface area contributed by atoms with Crippen LogP contribution in [0.2, 0.25) is 10.0 Å². The number of rotatable bonds is 7. The number of nitrogens with zero attached hydrogens (tertiary/aromatic N) is 2. The summed E-state index contributed by atoms with van der Waals surface area (Å²) in [7, 11) is 0. The Morgan fingerprint density at radius 2 is 1.93 bits per heavy atom. The van der Waals surface area contributed by atoms with Gasteiger partial charge in [0.1, 0.15) is 17.3 Å². The van der Waals surface area contributed by atoms with Crippen LogP contribution in [0.25, 0.3) is 0 Å². The van der Waals surface area contributed by atoms with E-state index in [-0.39, 0.29) is 33.9 Å². The lowest BCUT2D eigenvalue weighted by Crippen LogP contribution is -2.14. The minimum atomic E-state index is -3.01. The van der Waals surface area contributed by atoms with Gasteiger partial charge in [0.2, 0.25) is 0 Å². The Hall–Kier alpha value is -2.91. The lowest BCUT2D eigenvalue weighted by molar-refractivity contribution is -0.0497. The molecule has 3 rings (SSSR count). The van der Waals surface area contributed by atoms with Crippen LogP contribution in [-0.4, -0.2) is 22.3 Å². The van der Waals surface area contributed by atoms with Gasteiger partial charge in [0.25, 0.3) is 5.91 Å². The molecule has 0 atom stereocenters. The minimum absolute atomic E-state index is 0.0409. The zero-order valence-corrected chi connectivity index (χ0v) is 15.9. The molecule has 2 aromatic carbocycles. The van der Waals surface area contributed by atoms with Crippen LogP contribution in [0.15, 0.2) is 48.7 Å². The maximum atomic E-state index is 13.1. The van der Waals surface area contributed by atoms with Crippen molar-refractivity contribution in [1.82, 2.24) is 9.78 Å². The molecule has 29 heavy (non-hydrogen) atoms. The third-order valence-corrected chi connectivity index (χ3v) is 4.12. The Bertz CT molecular complexity index is 1030. The molecule has 0 bridgehead atoms. The molecule has 1 aromatic heterocycles. The first-order valence-electron chi connectivity index (χ1n) is 7.99. The zero-order chi connectivity index (χ0) is 21.0. The molecule has 6 nitrogen and oxygen atoms in total. The summed E-state index contributed by atoms with van der Waals surface area (Å²) < 4.78 is 48.6. The second-order valence-corrected chi connectivity index (χ2v) is 6.38. The van der Waals surface area contributed by atoms with Gasteiger partial charge in [-0.25, -0.2) is 9.07 Å². The summed E-state index contributed by atoms with van der Waals surface area (Å²) in [6.07, 6.45) is 1.51. The number of carbonyl (C=O) groups is 1. The molecule has 11 heteroatoms. The monoisotopic (exact) mass is 445 g/mol. The van der Waals surface area contributed by atoms with Gasteiger partial charge in [0.15, 0.2) is 12.4 Å². The number of alkyl halides is 2. The average molecular weight is 446 g/mol. The number of carbonyl (C=O) groups excluding carboxylic acids is 1. The van der Waals surface area contributed by atoms with E-state index >= 15 is 0 Å². The molecule has 0 aliphatic carbocycles. The van der Waals surface area contributed by atoms with Gasteiger partial charge in [-0.1, -0.05) is 23.2 Å². The second kappa shape index (κ2) is 9.06. The van der Waals surface area contributed by atoms with Crippen molar-refractivity contribution >= 4 is 34.8 Å². The smallest absolute Gasteiger partial charge is 0.387 e. The number of hydrogen-bond donors (Lipinski definition) is 1. The first-order chi connectivity index (χ1) is 13.8. The summed E-state index contributed by atoms with van der Waals surface area (Å²) in [5.41, 5.74) is 0.350. The van der Waals surface area contributed by atoms with Crippen LogP contribution in [0.4, 0.5) is 18.9 Å². The number of nitrogens with one attached hydrogen (secondary N) is 1. The Balaban J connectivity index is 1.60. The maximum Gasteiger partial charge on any atom is 0.387 e. The van der Waals surface area contributed by atoms with Crippen LogP contribution in [0.1, 0.15) is 10.5 Å². The average Bonchev–Trinajstić information content (AvgIpc) is 3.14. The molecular formula is C18H12Cl2F3N3O3. The summed E-state index contributed by atoms with van der Waals surface area (Å²) in [6, 6.07) is 9.19. The highest BCUT2D eigenvalue weighted by atomic mass is 35.5. The number of hydrogen-bond acceptors (Lipinski definition) is 4. The Kier molecular flexibility index (Phi) is 6.50. The molecule has 0 spiro atoms. The van der Waals surface area contributed by atoms with E-state index in [0.717, 1.165) is 0 Å². The number of amides is 1. The van der Waals surface area contributed by atoms with Gasteiger partial charge in [0, 0.05) is 18.0 Å². The van der Waals surface area contributed by atoms with Crippen molar-refractivity contribution in [3.63, 3.8) is 0 Å². The van der Waals surface area contributed by atoms with E-state index < -0.39 is 18.3 Å². The van der Waals surface area contributed by atoms with E-state index in [2.05, 4.69) is 15.2 Å². The fraction of sp³-hybridized carbons (Fsp3) is 0.111. The number of anilines is 1. The highest BCUT2D eigenvalue weighted by Crippen LogP contribution is 2.29. The number of benzene rings is 2. The summed E-state index contributed by atoms with van der Waals surface area (Å²) in [5.74, 6) is -0.987. The molecule has 1 N–H and O–H groups in total. The molecule has 0 fully saturated rings. The van der Waals surface area contributed by atoms with Crippen molar-refractivity contribution in [2.75, 3.05) is 5.32 Å². The second-order valence-electron chi connectivity index (χ2n) is 5.57. The minimum Gasteiger partial charge on any atom is -0.471 e. The van der Waals surface area contributed by atoms with Gasteiger partial charge in [-0.2, -0.15) is 13.9 Å². The highest BCUT2D eigenvalue weighted by Gasteiger charge is 2.13. The molecule has 152 valence electrons. The lowest BCUT2D eigenvalue weighted by atomic mass is 10.3. The quantitative estimate of drug-likeness (QED) is 0.541. The summed E-state index contributed by atoms with van der Waals surface area (Å²) in [4.78, 5) is 12.3. The predicted molar refractivity (Wildman–Crippen MR) is 100 cm³/mol. The fourth-order valence-corrected chi connectivity index (χ4v) is 2.62. The molecule has 0 saturated carbocycles. The van der Waals surface area contributed by atoms with Crippen molar-refractivity contribution in [2.24, 2.45) is 0 Å². The Morgan fingerprint density at radius 3 is 2.62 bits per heavy atom. The normalized spacial score (nSPS) is 10.8. The van der Waals surface area contributed by atoms with Gasteiger partial charge >= 0.3 is 6.61 Å². The van der Waals surface area contributed by atoms with E-state index in [9.17, 15) is 18.0 Å². The highest BCUT2D eigenvalue weighted by molar-refractivity contribution is 6.32. The Labute approximate surface area is 172 Å². The van der Waals surface area contributed by atoms with Gasteiger partial charge in [-0.15, -0.1) is 0 Å². The van der Waals surface area contributed by atoms with E-state index in [4.69, 9.17) is 27.9 Å². The van der Waals surface area contributed by atoms with Crippen molar-refractivity contribution in [2.45, 2.75) is 13.3 Å². The van der Waals surface area contributed by atoms with Gasteiger partial charge in [-0.3, -0.25) is 4.79 Å². The van der Waals surface area contributed by atoms with Gasteiger partial charge in [0.05, 0.1) is 10.0 Å². The third-order valence-electron chi connectivity index (χ3n) is 3.53. The SMILES string of the molecule is O=C(Nc1ccc(OC(F)F)c(Cl)c1)c1ccn(COc2ccc(F)c(Cl)c2)n1. The molecule has 0 saturated heterocycles. The van der Waals surface area contributed by atoms with Crippen molar-refractivity contribution in [1.29, 1.82) is 0 Å². The molecule has 0 aliphatic heterocycles. The lowest BCUT2D eigenvalue weighted by Gasteiger charge is -2.09.